The van der Waals surface area contributed by atoms with Crippen molar-refractivity contribution in [3.8, 4) is 11.5 Å². The number of benzene rings is 1. The minimum absolute atomic E-state index is 0.162. The fourth-order valence-corrected chi connectivity index (χ4v) is 2.72. The van der Waals surface area contributed by atoms with Gasteiger partial charge in [-0.2, -0.15) is 0 Å². The normalized spacial score (nSPS) is 16.5. The summed E-state index contributed by atoms with van der Waals surface area (Å²) in [6.45, 7) is 3.48. The molecule has 0 heterocycles. The third-order valence-corrected chi connectivity index (χ3v) is 4.57. The lowest BCUT2D eigenvalue weighted by molar-refractivity contribution is -0.110. The van der Waals surface area contributed by atoms with E-state index >= 15 is 0 Å². The molecule has 128 valence electrons. The number of ether oxygens (including phenoxy) is 3. The molecule has 1 aromatic rings. The Kier molecular flexibility index (Phi) is 6.28. The lowest BCUT2D eigenvalue weighted by atomic mass is 9.92. The van der Waals surface area contributed by atoms with Gasteiger partial charge in [0.15, 0.2) is 11.5 Å². The zero-order valence-corrected chi connectivity index (χ0v) is 14.3. The molecule has 0 radical (unpaired) electrons. The van der Waals surface area contributed by atoms with E-state index in [9.17, 15) is 4.79 Å². The van der Waals surface area contributed by atoms with Crippen LogP contribution >= 0.6 is 0 Å². The number of amides is 1. The van der Waals surface area contributed by atoms with Crippen LogP contribution in [0.5, 0.6) is 11.5 Å². The number of rotatable bonds is 11. The summed E-state index contributed by atoms with van der Waals surface area (Å²) in [6.07, 6.45) is 4.76. The second-order valence-electron chi connectivity index (χ2n) is 6.38. The van der Waals surface area contributed by atoms with E-state index in [1.54, 1.807) is 14.2 Å². The minimum atomic E-state index is 0.162. The first kappa shape index (κ1) is 17.6. The van der Waals surface area contributed by atoms with Gasteiger partial charge in [0.05, 0.1) is 13.7 Å². The topological polar surface area (TPSA) is 56.8 Å². The van der Waals surface area contributed by atoms with Crippen LogP contribution in [0.1, 0.15) is 31.7 Å². The maximum Gasteiger partial charge on any atom is 0.207 e. The van der Waals surface area contributed by atoms with Crippen molar-refractivity contribution in [2.24, 2.45) is 5.41 Å². The van der Waals surface area contributed by atoms with Crippen molar-refractivity contribution in [1.29, 1.82) is 0 Å². The van der Waals surface area contributed by atoms with E-state index in [1.807, 2.05) is 18.2 Å². The fourth-order valence-electron chi connectivity index (χ4n) is 2.72. The molecular formula is C18H27NO4. The summed E-state index contributed by atoms with van der Waals surface area (Å²) in [6, 6.07) is 6.13. The van der Waals surface area contributed by atoms with Crippen molar-refractivity contribution in [3.05, 3.63) is 23.8 Å². The average molecular weight is 321 g/mol. The molecule has 1 fully saturated rings. The van der Waals surface area contributed by atoms with Gasteiger partial charge >= 0.3 is 0 Å². The van der Waals surface area contributed by atoms with Crippen molar-refractivity contribution in [3.63, 3.8) is 0 Å². The second-order valence-corrected chi connectivity index (χ2v) is 6.38. The average Bonchev–Trinajstić information content (AvgIpc) is 3.30. The molecule has 23 heavy (non-hydrogen) atoms. The van der Waals surface area contributed by atoms with E-state index < -0.39 is 0 Å². The zero-order chi connectivity index (χ0) is 16.7. The van der Waals surface area contributed by atoms with Gasteiger partial charge in [-0.3, -0.25) is 4.79 Å². The Morgan fingerprint density at radius 3 is 2.65 bits per heavy atom. The number of hydrogen-bond donors (Lipinski definition) is 1. The Hall–Kier alpha value is -1.75. The van der Waals surface area contributed by atoms with Crippen molar-refractivity contribution in [2.45, 2.75) is 38.6 Å². The first-order valence-corrected chi connectivity index (χ1v) is 8.11. The van der Waals surface area contributed by atoms with Gasteiger partial charge < -0.3 is 19.5 Å². The summed E-state index contributed by atoms with van der Waals surface area (Å²) in [5.74, 6) is 1.47. The Balaban J connectivity index is 2.04. The molecule has 1 aliphatic carbocycles. The zero-order valence-electron chi connectivity index (χ0n) is 14.3. The Labute approximate surface area is 138 Å². The van der Waals surface area contributed by atoms with Crippen LogP contribution in [0.3, 0.4) is 0 Å². The van der Waals surface area contributed by atoms with Gasteiger partial charge in [0.1, 0.15) is 0 Å². The Morgan fingerprint density at radius 2 is 2.04 bits per heavy atom. The molecule has 0 aliphatic heterocycles. The van der Waals surface area contributed by atoms with Crippen LogP contribution in [-0.2, 0) is 16.0 Å². The highest BCUT2D eigenvalue weighted by Gasteiger charge is 2.44. The summed E-state index contributed by atoms with van der Waals surface area (Å²) >= 11 is 0. The highest BCUT2D eigenvalue weighted by Crippen LogP contribution is 2.49. The highest BCUT2D eigenvalue weighted by atomic mass is 16.5. The number of methoxy groups -OCH3 is 2. The molecule has 5 heteroatoms. The summed E-state index contributed by atoms with van der Waals surface area (Å²) in [5, 5.41) is 2.97. The van der Waals surface area contributed by atoms with Gasteiger partial charge in [0.2, 0.25) is 6.41 Å². The first-order valence-electron chi connectivity index (χ1n) is 8.11. The van der Waals surface area contributed by atoms with Crippen LogP contribution in [0.4, 0.5) is 0 Å². The summed E-state index contributed by atoms with van der Waals surface area (Å²) in [4.78, 5) is 10.9. The smallest absolute Gasteiger partial charge is 0.207 e. The van der Waals surface area contributed by atoms with Crippen LogP contribution in [-0.4, -0.2) is 39.9 Å². The lowest BCUT2D eigenvalue weighted by Gasteiger charge is -2.23. The summed E-state index contributed by atoms with van der Waals surface area (Å²) in [5.41, 5.74) is 1.36. The molecule has 0 aromatic heterocycles. The molecule has 0 saturated heterocycles. The van der Waals surface area contributed by atoms with Crippen LogP contribution in [0.15, 0.2) is 18.2 Å². The molecule has 0 bridgehead atoms. The van der Waals surface area contributed by atoms with Gasteiger partial charge in [-0.1, -0.05) is 13.0 Å². The fraction of sp³-hybridized carbons (Fsp3) is 0.611. The SMILES string of the molecule is COCCCOc1cc(CC(NC=O)C2(C)CC2)ccc1OC. The molecule has 1 unspecified atom stereocenters. The predicted molar refractivity (Wildman–Crippen MR) is 89.0 cm³/mol. The van der Waals surface area contributed by atoms with Crippen molar-refractivity contribution in [2.75, 3.05) is 27.4 Å². The van der Waals surface area contributed by atoms with Gasteiger partial charge in [-0.05, 0) is 42.4 Å². The van der Waals surface area contributed by atoms with E-state index in [-0.39, 0.29) is 11.5 Å². The molecule has 1 amide bonds. The summed E-state index contributed by atoms with van der Waals surface area (Å²) < 4.78 is 16.2. The molecule has 1 aromatic carbocycles. The molecular weight excluding hydrogens is 294 g/mol. The third kappa shape index (κ3) is 4.86. The van der Waals surface area contributed by atoms with Crippen LogP contribution < -0.4 is 14.8 Å². The highest BCUT2D eigenvalue weighted by molar-refractivity contribution is 5.48. The number of carbonyl (C=O) groups is 1. The van der Waals surface area contributed by atoms with Crippen molar-refractivity contribution >= 4 is 6.41 Å². The van der Waals surface area contributed by atoms with Gasteiger partial charge in [-0.15, -0.1) is 0 Å². The van der Waals surface area contributed by atoms with Gasteiger partial charge in [-0.25, -0.2) is 0 Å². The molecule has 1 N–H and O–H groups in total. The predicted octanol–water partition coefficient (Wildman–Crippen LogP) is 2.57. The summed E-state index contributed by atoms with van der Waals surface area (Å²) in [7, 11) is 3.32. The van der Waals surface area contributed by atoms with E-state index in [4.69, 9.17) is 14.2 Å². The third-order valence-electron chi connectivity index (χ3n) is 4.57. The van der Waals surface area contributed by atoms with Crippen LogP contribution in [0.2, 0.25) is 0 Å². The number of nitrogens with one attached hydrogen (secondary N) is 1. The van der Waals surface area contributed by atoms with Crippen molar-refractivity contribution in [1.82, 2.24) is 5.32 Å². The Bertz CT molecular complexity index is 514. The molecule has 2 rings (SSSR count). The van der Waals surface area contributed by atoms with Crippen molar-refractivity contribution < 1.29 is 19.0 Å². The van der Waals surface area contributed by atoms with Crippen LogP contribution in [0, 0.1) is 5.41 Å². The largest absolute Gasteiger partial charge is 0.493 e. The van der Waals surface area contributed by atoms with Gasteiger partial charge in [0, 0.05) is 26.2 Å². The first-order chi connectivity index (χ1) is 11.1. The van der Waals surface area contributed by atoms with Gasteiger partial charge in [0.25, 0.3) is 0 Å². The number of carbonyl (C=O) groups excluding carboxylic acids is 1. The maximum absolute atomic E-state index is 10.9. The minimum Gasteiger partial charge on any atom is -0.493 e. The van der Waals surface area contributed by atoms with E-state index in [0.29, 0.717) is 13.2 Å². The number of hydrogen-bond acceptors (Lipinski definition) is 4. The lowest BCUT2D eigenvalue weighted by Crippen LogP contribution is -2.37. The molecule has 0 spiro atoms. The molecule has 1 aliphatic rings. The maximum atomic E-state index is 10.9. The molecule has 1 saturated carbocycles. The molecule has 1 atom stereocenters. The van der Waals surface area contributed by atoms with E-state index in [1.165, 1.54) is 0 Å². The molecule has 5 nitrogen and oxygen atoms in total. The Morgan fingerprint density at radius 1 is 1.26 bits per heavy atom. The van der Waals surface area contributed by atoms with E-state index in [2.05, 4.69) is 12.2 Å². The van der Waals surface area contributed by atoms with E-state index in [0.717, 1.165) is 49.2 Å². The quantitative estimate of drug-likeness (QED) is 0.503. The standard InChI is InChI=1S/C18H27NO4/c1-18(7-8-18)17(19-13-20)12-14-5-6-15(22-3)16(11-14)23-10-4-9-21-2/h5-6,11,13,17H,4,7-10,12H2,1-3H3,(H,19,20). The van der Waals surface area contributed by atoms with Crippen LogP contribution in [0.25, 0.3) is 0 Å². The monoisotopic (exact) mass is 321 g/mol. The second kappa shape index (κ2) is 8.20.